The van der Waals surface area contributed by atoms with Gasteiger partial charge >= 0.3 is 0 Å². The monoisotopic (exact) mass is 405 g/mol. The lowest BCUT2D eigenvalue weighted by Gasteiger charge is -2.35. The van der Waals surface area contributed by atoms with Crippen LogP contribution in [0.2, 0.25) is 0 Å². The highest BCUT2D eigenvalue weighted by Gasteiger charge is 2.26. The highest BCUT2D eigenvalue weighted by Crippen LogP contribution is 2.28. The van der Waals surface area contributed by atoms with Gasteiger partial charge in [-0.3, -0.25) is 0 Å². The van der Waals surface area contributed by atoms with Gasteiger partial charge in [-0.25, -0.2) is 4.98 Å². The highest BCUT2D eigenvalue weighted by molar-refractivity contribution is 6.13. The lowest BCUT2D eigenvalue weighted by Crippen LogP contribution is -2.47. The predicted molar refractivity (Wildman–Crippen MR) is 123 cm³/mol. The molecule has 6 nitrogen and oxygen atoms in total. The van der Waals surface area contributed by atoms with Crippen molar-refractivity contribution in [3.05, 3.63) is 47.5 Å². The lowest BCUT2D eigenvalue weighted by molar-refractivity contribution is 0.186. The van der Waals surface area contributed by atoms with Gasteiger partial charge in [0.05, 0.1) is 17.8 Å². The van der Waals surface area contributed by atoms with Crippen LogP contribution in [0.4, 0.5) is 5.82 Å². The maximum absolute atomic E-state index is 8.62. The quantitative estimate of drug-likeness (QED) is 0.637. The van der Waals surface area contributed by atoms with Gasteiger partial charge in [0.15, 0.2) is 0 Å². The van der Waals surface area contributed by atoms with Gasteiger partial charge in [-0.05, 0) is 63.5 Å². The molecule has 6 heteroatoms. The number of hydrogen-bond acceptors (Lipinski definition) is 6. The maximum Gasteiger partial charge on any atom is 0.138 e. The van der Waals surface area contributed by atoms with Crippen molar-refractivity contribution < 1.29 is 4.74 Å². The van der Waals surface area contributed by atoms with E-state index in [2.05, 4.69) is 41.4 Å². The van der Waals surface area contributed by atoms with Crippen molar-refractivity contribution in [3.63, 3.8) is 0 Å². The minimum Gasteiger partial charge on any atom is -0.380 e. The molecular weight excluding hydrogens is 374 g/mol. The number of allylic oxidation sites excluding steroid dienone is 2. The number of pyridine rings is 1. The summed E-state index contributed by atoms with van der Waals surface area (Å²) in [6.45, 7) is 7.33. The van der Waals surface area contributed by atoms with Gasteiger partial charge in [0.25, 0.3) is 0 Å². The van der Waals surface area contributed by atoms with E-state index in [4.69, 9.17) is 20.5 Å². The van der Waals surface area contributed by atoms with Crippen molar-refractivity contribution in [1.82, 2.24) is 10.3 Å². The topological polar surface area (TPSA) is 85.1 Å². The van der Waals surface area contributed by atoms with Crippen LogP contribution in [0.1, 0.15) is 37.3 Å². The number of nitrogens with zero attached hydrogens (tertiary/aromatic N) is 2. The molecule has 0 bridgehead atoms. The van der Waals surface area contributed by atoms with E-state index >= 15 is 0 Å². The fraction of sp³-hybridized carbons (Fsp3) is 0.458. The average molecular weight is 406 g/mol. The molecule has 0 spiro atoms. The molecule has 0 aliphatic carbocycles. The Morgan fingerprint density at radius 1 is 1.13 bits per heavy atom. The number of nitrogens with one attached hydrogen (secondary N) is 3. The third kappa shape index (κ3) is 4.77. The summed E-state index contributed by atoms with van der Waals surface area (Å²) in [5.41, 5.74) is 3.82. The van der Waals surface area contributed by atoms with Crippen LogP contribution >= 0.6 is 0 Å². The van der Waals surface area contributed by atoms with Crippen molar-refractivity contribution in [2.24, 2.45) is 0 Å². The van der Waals surface area contributed by atoms with E-state index in [1.54, 1.807) is 19.1 Å². The molecular formula is C24H31N5O. The molecule has 1 aromatic carbocycles. The highest BCUT2D eigenvalue weighted by atomic mass is 16.5. The Labute approximate surface area is 178 Å². The molecule has 1 unspecified atom stereocenters. The standard InChI is InChI=1S/C24H31N5O/c1-16-3-6-23-18(13-16)14-21(22(26)5-4-17(2)25)24(28-23)29-10-7-19(8-11-29)27-20-9-12-30-15-20/h3-6,13-14,19-20,25-27H,7-12,15H2,1-2H3. The van der Waals surface area contributed by atoms with Gasteiger partial charge in [-0.1, -0.05) is 11.6 Å². The fourth-order valence-corrected chi connectivity index (χ4v) is 4.28. The molecule has 3 heterocycles. The second kappa shape index (κ2) is 9.06. The van der Waals surface area contributed by atoms with Gasteiger partial charge in [0.2, 0.25) is 0 Å². The van der Waals surface area contributed by atoms with Crippen LogP contribution in [0.5, 0.6) is 0 Å². The number of piperidine rings is 1. The minimum absolute atomic E-state index is 0.399. The molecule has 2 fully saturated rings. The zero-order valence-corrected chi connectivity index (χ0v) is 17.9. The zero-order chi connectivity index (χ0) is 21.1. The third-order valence-electron chi connectivity index (χ3n) is 5.94. The summed E-state index contributed by atoms with van der Waals surface area (Å²) in [6, 6.07) is 9.35. The number of aromatic nitrogens is 1. The summed E-state index contributed by atoms with van der Waals surface area (Å²) in [5.74, 6) is 0.881. The lowest BCUT2D eigenvalue weighted by atomic mass is 10.0. The Bertz CT molecular complexity index is 969. The Balaban J connectivity index is 1.58. The van der Waals surface area contributed by atoms with E-state index in [1.807, 2.05) is 0 Å². The first kappa shape index (κ1) is 20.7. The molecule has 4 rings (SSSR count). The smallest absolute Gasteiger partial charge is 0.138 e. The van der Waals surface area contributed by atoms with Gasteiger partial charge < -0.3 is 25.8 Å². The van der Waals surface area contributed by atoms with Crippen LogP contribution in [0.15, 0.2) is 36.4 Å². The SMILES string of the molecule is CC(=N)C=CC(=N)c1cc2cc(C)ccc2nc1N1CCC(NC2CCOC2)CC1. The molecule has 2 aromatic rings. The maximum atomic E-state index is 8.62. The van der Waals surface area contributed by atoms with E-state index in [0.717, 1.165) is 67.8 Å². The van der Waals surface area contributed by atoms with Crippen molar-refractivity contribution in [3.8, 4) is 0 Å². The largest absolute Gasteiger partial charge is 0.380 e. The van der Waals surface area contributed by atoms with Crippen LogP contribution in [-0.4, -0.2) is 54.8 Å². The Morgan fingerprint density at radius 2 is 1.93 bits per heavy atom. The number of hydrogen-bond donors (Lipinski definition) is 3. The molecule has 1 atom stereocenters. The molecule has 0 radical (unpaired) electrons. The number of benzene rings is 1. The molecule has 2 aliphatic rings. The minimum atomic E-state index is 0.399. The number of fused-ring (bicyclic) bond motifs is 1. The van der Waals surface area contributed by atoms with E-state index in [-0.39, 0.29) is 0 Å². The van der Waals surface area contributed by atoms with Crippen LogP contribution in [-0.2, 0) is 4.74 Å². The van der Waals surface area contributed by atoms with Crippen LogP contribution in [0.25, 0.3) is 10.9 Å². The summed E-state index contributed by atoms with van der Waals surface area (Å²) >= 11 is 0. The molecule has 1 aromatic heterocycles. The summed E-state index contributed by atoms with van der Waals surface area (Å²) in [6.07, 6.45) is 6.61. The molecule has 2 aliphatic heterocycles. The summed E-state index contributed by atoms with van der Waals surface area (Å²) in [4.78, 5) is 7.29. The average Bonchev–Trinajstić information content (AvgIpc) is 3.24. The summed E-state index contributed by atoms with van der Waals surface area (Å²) in [7, 11) is 0. The second-order valence-electron chi connectivity index (χ2n) is 8.47. The molecule has 158 valence electrons. The van der Waals surface area contributed by atoms with Crippen LogP contribution < -0.4 is 10.2 Å². The van der Waals surface area contributed by atoms with Gasteiger partial charge in [0, 0.05) is 48.4 Å². The Kier molecular flexibility index (Phi) is 6.25. The van der Waals surface area contributed by atoms with Gasteiger partial charge in [-0.15, -0.1) is 0 Å². The molecule has 0 amide bonds. The fourth-order valence-electron chi connectivity index (χ4n) is 4.28. The van der Waals surface area contributed by atoms with Crippen molar-refractivity contribution >= 4 is 28.1 Å². The van der Waals surface area contributed by atoms with E-state index < -0.39 is 0 Å². The molecule has 3 N–H and O–H groups in total. The molecule has 30 heavy (non-hydrogen) atoms. The first-order chi connectivity index (χ1) is 14.5. The second-order valence-corrected chi connectivity index (χ2v) is 8.47. The van der Waals surface area contributed by atoms with Crippen LogP contribution in [0.3, 0.4) is 0 Å². The number of anilines is 1. The first-order valence-corrected chi connectivity index (χ1v) is 10.8. The van der Waals surface area contributed by atoms with E-state index in [1.165, 1.54) is 5.56 Å². The van der Waals surface area contributed by atoms with Crippen molar-refractivity contribution in [2.75, 3.05) is 31.2 Å². The van der Waals surface area contributed by atoms with Crippen molar-refractivity contribution in [2.45, 2.75) is 45.2 Å². The summed E-state index contributed by atoms with van der Waals surface area (Å²) in [5, 5.41) is 21.1. The molecule has 2 saturated heterocycles. The number of rotatable bonds is 6. The van der Waals surface area contributed by atoms with Crippen molar-refractivity contribution in [1.29, 1.82) is 10.8 Å². The van der Waals surface area contributed by atoms with Gasteiger partial charge in [0.1, 0.15) is 5.82 Å². The number of aryl methyl sites for hydroxylation is 1. The van der Waals surface area contributed by atoms with Crippen LogP contribution in [0, 0.1) is 17.7 Å². The third-order valence-corrected chi connectivity index (χ3v) is 5.94. The normalized spacial score (nSPS) is 20.3. The summed E-state index contributed by atoms with van der Waals surface area (Å²) < 4.78 is 5.49. The molecule has 0 saturated carbocycles. The zero-order valence-electron chi connectivity index (χ0n) is 17.9. The predicted octanol–water partition coefficient (Wildman–Crippen LogP) is 3.85. The van der Waals surface area contributed by atoms with Gasteiger partial charge in [-0.2, -0.15) is 0 Å². The van der Waals surface area contributed by atoms with E-state index in [9.17, 15) is 0 Å². The number of ether oxygens (including phenoxy) is 1. The Morgan fingerprint density at radius 3 is 2.63 bits per heavy atom. The first-order valence-electron chi connectivity index (χ1n) is 10.8. The Hall–Kier alpha value is -2.57. The van der Waals surface area contributed by atoms with E-state index in [0.29, 0.717) is 23.5 Å².